The quantitative estimate of drug-likeness (QED) is 0.327. The van der Waals surface area contributed by atoms with Gasteiger partial charge in [0.15, 0.2) is 0 Å². The van der Waals surface area contributed by atoms with Gasteiger partial charge in [-0.1, -0.05) is 40.2 Å². The maximum absolute atomic E-state index is 13.4. The van der Waals surface area contributed by atoms with Crippen molar-refractivity contribution in [2.24, 2.45) is 5.10 Å². The van der Waals surface area contributed by atoms with E-state index in [1.165, 1.54) is 18.3 Å². The lowest BCUT2D eigenvalue weighted by Crippen LogP contribution is -2.17. The summed E-state index contributed by atoms with van der Waals surface area (Å²) < 4.78 is 15.9. The van der Waals surface area contributed by atoms with Crippen molar-refractivity contribution < 1.29 is 9.18 Å². The Morgan fingerprint density at radius 2 is 1.80 bits per heavy atom. The first kappa shape index (κ1) is 19.7. The number of nitrogens with zero attached hydrogens (tertiary/aromatic N) is 3. The number of hydrogen-bond donors (Lipinski definition) is 1. The summed E-state index contributed by atoms with van der Waals surface area (Å²) in [6, 6.07) is 22.7. The summed E-state index contributed by atoms with van der Waals surface area (Å²) in [5.74, 6) is -0.649. The fourth-order valence-corrected chi connectivity index (χ4v) is 3.28. The molecule has 0 radical (unpaired) electrons. The summed E-state index contributed by atoms with van der Waals surface area (Å²) >= 11 is 3.34. The van der Waals surface area contributed by atoms with Crippen LogP contribution in [-0.4, -0.2) is 21.9 Å². The molecule has 1 N–H and O–H groups in total. The minimum Gasteiger partial charge on any atom is -0.267 e. The lowest BCUT2D eigenvalue weighted by molar-refractivity contribution is 0.0955. The van der Waals surface area contributed by atoms with Crippen LogP contribution >= 0.6 is 15.9 Å². The lowest BCUT2D eigenvalue weighted by Gasteiger charge is -2.01. The molecule has 0 saturated carbocycles. The molecule has 0 spiro atoms. The van der Waals surface area contributed by atoms with E-state index in [1.54, 1.807) is 35.0 Å². The third-order valence-electron chi connectivity index (χ3n) is 4.34. The van der Waals surface area contributed by atoms with Crippen molar-refractivity contribution in [1.82, 2.24) is 15.2 Å². The summed E-state index contributed by atoms with van der Waals surface area (Å²) in [6.45, 7) is 0. The second-order valence-corrected chi connectivity index (χ2v) is 7.35. The number of halogens is 2. The molecule has 148 valence electrons. The topological polar surface area (TPSA) is 59.3 Å². The highest BCUT2D eigenvalue weighted by Gasteiger charge is 2.12. The Hall–Kier alpha value is -3.58. The molecule has 7 heteroatoms. The monoisotopic (exact) mass is 462 g/mol. The van der Waals surface area contributed by atoms with E-state index in [2.05, 4.69) is 31.6 Å². The third-order valence-corrected chi connectivity index (χ3v) is 4.83. The van der Waals surface area contributed by atoms with Gasteiger partial charge in [-0.25, -0.2) is 14.5 Å². The van der Waals surface area contributed by atoms with Crippen molar-refractivity contribution in [3.05, 3.63) is 106 Å². The van der Waals surface area contributed by atoms with E-state index < -0.39 is 0 Å². The predicted molar refractivity (Wildman–Crippen MR) is 118 cm³/mol. The van der Waals surface area contributed by atoms with Crippen LogP contribution in [0.25, 0.3) is 16.9 Å². The molecule has 5 nitrogen and oxygen atoms in total. The molecule has 0 fully saturated rings. The van der Waals surface area contributed by atoms with E-state index in [0.717, 1.165) is 15.7 Å². The number of para-hydroxylation sites is 1. The second-order valence-electron chi connectivity index (χ2n) is 6.43. The highest BCUT2D eigenvalue weighted by atomic mass is 79.9. The Morgan fingerprint density at radius 1 is 1.03 bits per heavy atom. The number of aromatic nitrogens is 2. The van der Waals surface area contributed by atoms with Crippen molar-refractivity contribution in [3.63, 3.8) is 0 Å². The highest BCUT2D eigenvalue weighted by Crippen LogP contribution is 2.23. The van der Waals surface area contributed by atoms with Gasteiger partial charge in [0.05, 0.1) is 11.9 Å². The molecule has 0 atom stereocenters. The lowest BCUT2D eigenvalue weighted by atomic mass is 10.1. The standard InChI is InChI=1S/C23H16BrFN4O/c24-19-6-4-5-17(13-19)23(30)27-26-14-18-15-29(21-7-2-1-3-8-21)28-22(18)16-9-11-20(25)12-10-16/h1-15H,(H,27,30). The van der Waals surface area contributed by atoms with Gasteiger partial charge >= 0.3 is 0 Å². The summed E-state index contributed by atoms with van der Waals surface area (Å²) in [7, 11) is 0. The van der Waals surface area contributed by atoms with Crippen LogP contribution in [-0.2, 0) is 0 Å². The largest absolute Gasteiger partial charge is 0.271 e. The molecule has 3 aromatic carbocycles. The van der Waals surface area contributed by atoms with E-state index in [0.29, 0.717) is 16.8 Å². The van der Waals surface area contributed by atoms with Crippen molar-refractivity contribution >= 4 is 28.1 Å². The fourth-order valence-electron chi connectivity index (χ4n) is 2.88. The van der Waals surface area contributed by atoms with Gasteiger partial charge < -0.3 is 0 Å². The molecule has 4 rings (SSSR count). The molecule has 0 aliphatic heterocycles. The minimum absolute atomic E-state index is 0.322. The Balaban J connectivity index is 1.64. The van der Waals surface area contributed by atoms with Gasteiger partial charge in [-0.05, 0) is 54.6 Å². The zero-order valence-electron chi connectivity index (χ0n) is 15.7. The summed E-state index contributed by atoms with van der Waals surface area (Å²) in [4.78, 5) is 12.3. The molecule has 1 aromatic heterocycles. The normalized spacial score (nSPS) is 11.0. The molecule has 30 heavy (non-hydrogen) atoms. The Kier molecular flexibility index (Phi) is 5.81. The predicted octanol–water partition coefficient (Wildman–Crippen LogP) is 5.20. The summed E-state index contributed by atoms with van der Waals surface area (Å²) in [5, 5.41) is 8.72. The van der Waals surface area contributed by atoms with Crippen LogP contribution in [0, 0.1) is 5.82 Å². The van der Waals surface area contributed by atoms with Crippen LogP contribution < -0.4 is 5.43 Å². The van der Waals surface area contributed by atoms with Crippen molar-refractivity contribution in [1.29, 1.82) is 0 Å². The number of benzene rings is 3. The molecular weight excluding hydrogens is 447 g/mol. The van der Waals surface area contributed by atoms with Crippen molar-refractivity contribution in [2.75, 3.05) is 0 Å². The fraction of sp³-hybridized carbons (Fsp3) is 0. The van der Waals surface area contributed by atoms with Gasteiger partial charge in [-0.15, -0.1) is 0 Å². The average Bonchev–Trinajstić information content (AvgIpc) is 3.19. The first-order chi connectivity index (χ1) is 14.6. The Bertz CT molecular complexity index is 1200. The Morgan fingerprint density at radius 3 is 2.53 bits per heavy atom. The number of rotatable bonds is 5. The summed E-state index contributed by atoms with van der Waals surface area (Å²) in [5.41, 5.74) is 5.93. The van der Waals surface area contributed by atoms with Crippen LogP contribution in [0.4, 0.5) is 4.39 Å². The third kappa shape index (κ3) is 4.52. The van der Waals surface area contributed by atoms with Crippen LogP contribution in [0.2, 0.25) is 0 Å². The number of carbonyl (C=O) groups excluding carboxylic acids is 1. The van der Waals surface area contributed by atoms with E-state index in [9.17, 15) is 9.18 Å². The smallest absolute Gasteiger partial charge is 0.267 e. The first-order valence-electron chi connectivity index (χ1n) is 9.10. The van der Waals surface area contributed by atoms with Gasteiger partial charge in [-0.2, -0.15) is 10.2 Å². The van der Waals surface area contributed by atoms with Gasteiger partial charge in [-0.3, -0.25) is 4.79 Å². The number of carbonyl (C=O) groups is 1. The van der Waals surface area contributed by atoms with Crippen LogP contribution in [0.15, 0.2) is 94.6 Å². The number of hydrogen-bond acceptors (Lipinski definition) is 3. The highest BCUT2D eigenvalue weighted by molar-refractivity contribution is 9.10. The van der Waals surface area contributed by atoms with Crippen LogP contribution in [0.5, 0.6) is 0 Å². The second kappa shape index (κ2) is 8.84. The zero-order chi connectivity index (χ0) is 20.9. The maximum atomic E-state index is 13.4. The molecule has 0 aliphatic rings. The number of nitrogens with one attached hydrogen (secondary N) is 1. The van der Waals surface area contributed by atoms with Gasteiger partial charge in [0.2, 0.25) is 0 Å². The number of amides is 1. The van der Waals surface area contributed by atoms with E-state index >= 15 is 0 Å². The van der Waals surface area contributed by atoms with E-state index in [1.807, 2.05) is 42.6 Å². The van der Waals surface area contributed by atoms with E-state index in [-0.39, 0.29) is 11.7 Å². The molecule has 0 unspecified atom stereocenters. The molecule has 0 bridgehead atoms. The Labute approximate surface area is 181 Å². The van der Waals surface area contributed by atoms with Crippen molar-refractivity contribution in [3.8, 4) is 16.9 Å². The average molecular weight is 463 g/mol. The van der Waals surface area contributed by atoms with Crippen LogP contribution in [0.1, 0.15) is 15.9 Å². The van der Waals surface area contributed by atoms with E-state index in [4.69, 9.17) is 0 Å². The summed E-state index contributed by atoms with van der Waals surface area (Å²) in [6.07, 6.45) is 3.34. The molecule has 0 saturated heterocycles. The first-order valence-corrected chi connectivity index (χ1v) is 9.89. The van der Waals surface area contributed by atoms with Gasteiger partial charge in [0.1, 0.15) is 11.5 Å². The molecule has 1 amide bonds. The van der Waals surface area contributed by atoms with Gasteiger partial charge in [0, 0.05) is 27.4 Å². The minimum atomic E-state index is -0.327. The molecular formula is C23H16BrFN4O. The van der Waals surface area contributed by atoms with Gasteiger partial charge in [0.25, 0.3) is 5.91 Å². The number of hydrazone groups is 1. The zero-order valence-corrected chi connectivity index (χ0v) is 17.3. The SMILES string of the molecule is O=C(NN=Cc1cn(-c2ccccc2)nc1-c1ccc(F)cc1)c1cccc(Br)c1. The molecule has 0 aliphatic carbocycles. The maximum Gasteiger partial charge on any atom is 0.271 e. The molecule has 1 heterocycles. The van der Waals surface area contributed by atoms with Crippen molar-refractivity contribution in [2.45, 2.75) is 0 Å². The van der Waals surface area contributed by atoms with Crippen LogP contribution in [0.3, 0.4) is 0 Å². The molecule has 4 aromatic rings.